The van der Waals surface area contributed by atoms with Crippen molar-refractivity contribution in [1.29, 1.82) is 0 Å². The Hall–Kier alpha value is -1.38. The lowest BCUT2D eigenvalue weighted by molar-refractivity contribution is -0.0116. The number of benzene rings is 1. The van der Waals surface area contributed by atoms with Crippen LogP contribution in [0.1, 0.15) is 0 Å². The summed E-state index contributed by atoms with van der Waals surface area (Å²) >= 11 is 0. The third kappa shape index (κ3) is 9.39. The van der Waals surface area contributed by atoms with Crippen LogP contribution >= 0.6 is 0 Å². The zero-order valence-corrected chi connectivity index (χ0v) is 16.7. The van der Waals surface area contributed by atoms with Crippen molar-refractivity contribution < 1.29 is 23.7 Å². The van der Waals surface area contributed by atoms with E-state index < -0.39 is 0 Å². The highest BCUT2D eigenvalue weighted by atomic mass is 16.6. The third-order valence-electron chi connectivity index (χ3n) is 4.23. The molecule has 2 rings (SSSR count). The van der Waals surface area contributed by atoms with Gasteiger partial charge in [-0.2, -0.15) is 0 Å². The van der Waals surface area contributed by atoms with E-state index in [-0.39, 0.29) is 0 Å². The fraction of sp³-hybridized carbons (Fsp3) is 0.700. The molecular formula is C20H34N2O5. The highest BCUT2D eigenvalue weighted by Gasteiger charge is 2.08. The van der Waals surface area contributed by atoms with E-state index >= 15 is 0 Å². The molecule has 0 amide bonds. The predicted molar refractivity (Wildman–Crippen MR) is 107 cm³/mol. The lowest BCUT2D eigenvalue weighted by Gasteiger charge is -2.25. The first kappa shape index (κ1) is 21.9. The van der Waals surface area contributed by atoms with Crippen LogP contribution in [0, 0.1) is 0 Å². The highest BCUT2D eigenvalue weighted by molar-refractivity contribution is 5.55. The maximum absolute atomic E-state index is 5.72. The van der Waals surface area contributed by atoms with E-state index in [4.69, 9.17) is 23.7 Å². The summed E-state index contributed by atoms with van der Waals surface area (Å²) in [7, 11) is 4.09. The molecule has 0 bridgehead atoms. The largest absolute Gasteiger partial charge is 0.378 e. The molecule has 154 valence electrons. The Labute approximate surface area is 163 Å². The van der Waals surface area contributed by atoms with Crippen LogP contribution in [-0.4, -0.2) is 93.3 Å². The summed E-state index contributed by atoms with van der Waals surface area (Å²) in [5, 5.41) is 0. The van der Waals surface area contributed by atoms with Crippen molar-refractivity contribution in [2.75, 3.05) is 103 Å². The number of rotatable bonds is 2. The van der Waals surface area contributed by atoms with Crippen LogP contribution < -0.4 is 9.80 Å². The van der Waals surface area contributed by atoms with Gasteiger partial charge in [0, 0.05) is 38.6 Å². The van der Waals surface area contributed by atoms with E-state index in [0.29, 0.717) is 66.1 Å². The molecule has 0 spiro atoms. The summed E-state index contributed by atoms with van der Waals surface area (Å²) in [6.07, 6.45) is 0. The molecule has 0 atom stereocenters. The first-order valence-electron chi connectivity index (χ1n) is 9.68. The fourth-order valence-electron chi connectivity index (χ4n) is 2.66. The van der Waals surface area contributed by atoms with Crippen molar-refractivity contribution in [3.8, 4) is 0 Å². The average molecular weight is 383 g/mol. The Morgan fingerprint density at radius 2 is 0.963 bits per heavy atom. The number of anilines is 2. The average Bonchev–Trinajstić information content (AvgIpc) is 2.68. The van der Waals surface area contributed by atoms with Crippen LogP contribution in [0.2, 0.25) is 0 Å². The first-order valence-corrected chi connectivity index (χ1v) is 9.68. The molecule has 0 aromatic heterocycles. The second-order valence-electron chi connectivity index (χ2n) is 6.46. The lowest BCUT2D eigenvalue weighted by atomic mass is 10.2. The molecule has 27 heavy (non-hydrogen) atoms. The van der Waals surface area contributed by atoms with E-state index in [1.54, 1.807) is 0 Å². The normalized spacial score (nSPS) is 19.9. The molecule has 1 fully saturated rings. The quantitative estimate of drug-likeness (QED) is 0.771. The van der Waals surface area contributed by atoms with Crippen LogP contribution in [0.15, 0.2) is 24.3 Å². The molecule has 1 heterocycles. The number of hydrogen-bond acceptors (Lipinski definition) is 7. The minimum atomic E-state index is 0.580. The molecule has 1 aliphatic heterocycles. The maximum atomic E-state index is 5.72. The Morgan fingerprint density at radius 3 is 1.33 bits per heavy atom. The van der Waals surface area contributed by atoms with E-state index in [9.17, 15) is 0 Å². The van der Waals surface area contributed by atoms with Crippen molar-refractivity contribution in [2.45, 2.75) is 0 Å². The molecule has 0 aliphatic carbocycles. The standard InChI is InChI=1S/C20H34N2O5/c1-21(2)19-3-5-20(6-4-19)22-7-9-23-11-13-25-15-17-27-18-16-26-14-12-24-10-8-22/h3-6H,7-18H2,1-2H3. The molecule has 0 radical (unpaired) electrons. The minimum absolute atomic E-state index is 0.580. The zero-order valence-electron chi connectivity index (χ0n) is 16.7. The predicted octanol–water partition coefficient (Wildman–Crippen LogP) is 1.66. The first-order chi connectivity index (χ1) is 13.3. The zero-order chi connectivity index (χ0) is 19.2. The second kappa shape index (κ2) is 13.7. The molecule has 1 aliphatic rings. The van der Waals surface area contributed by atoms with Crippen molar-refractivity contribution in [3.63, 3.8) is 0 Å². The van der Waals surface area contributed by atoms with Crippen LogP contribution in [0.3, 0.4) is 0 Å². The van der Waals surface area contributed by atoms with E-state index in [2.05, 4.69) is 34.1 Å². The van der Waals surface area contributed by atoms with E-state index in [1.165, 1.54) is 11.4 Å². The van der Waals surface area contributed by atoms with Crippen LogP contribution in [-0.2, 0) is 23.7 Å². The molecule has 7 heteroatoms. The van der Waals surface area contributed by atoms with Crippen molar-refractivity contribution in [1.82, 2.24) is 0 Å². The van der Waals surface area contributed by atoms with Gasteiger partial charge in [-0.15, -0.1) is 0 Å². The topological polar surface area (TPSA) is 52.6 Å². The summed E-state index contributed by atoms with van der Waals surface area (Å²) in [5.41, 5.74) is 2.36. The molecule has 0 saturated carbocycles. The van der Waals surface area contributed by atoms with E-state index in [1.807, 2.05) is 14.1 Å². The maximum Gasteiger partial charge on any atom is 0.0701 e. The summed E-state index contributed by atoms with van der Waals surface area (Å²) in [6, 6.07) is 8.56. The summed E-state index contributed by atoms with van der Waals surface area (Å²) < 4.78 is 27.9. The SMILES string of the molecule is CN(C)c1ccc(N2CCOCCOCCOCCOCCOCC2)cc1. The van der Waals surface area contributed by atoms with Crippen molar-refractivity contribution in [2.24, 2.45) is 0 Å². The second-order valence-corrected chi connectivity index (χ2v) is 6.46. The summed E-state index contributed by atoms with van der Waals surface area (Å²) in [5.74, 6) is 0. The van der Waals surface area contributed by atoms with Crippen molar-refractivity contribution in [3.05, 3.63) is 24.3 Å². The molecule has 1 aromatic carbocycles. The molecule has 1 saturated heterocycles. The van der Waals surface area contributed by atoms with Gasteiger partial charge in [-0.1, -0.05) is 0 Å². The molecule has 0 unspecified atom stereocenters. The number of hydrogen-bond donors (Lipinski definition) is 0. The van der Waals surface area contributed by atoms with Gasteiger partial charge in [0.05, 0.1) is 66.1 Å². The lowest BCUT2D eigenvalue weighted by Crippen LogP contribution is -2.31. The van der Waals surface area contributed by atoms with E-state index in [0.717, 1.165) is 13.1 Å². The monoisotopic (exact) mass is 382 g/mol. The summed E-state index contributed by atoms with van der Waals surface area (Å²) in [4.78, 5) is 4.39. The van der Waals surface area contributed by atoms with Gasteiger partial charge in [-0.3, -0.25) is 0 Å². The van der Waals surface area contributed by atoms with Gasteiger partial charge in [0.2, 0.25) is 0 Å². The smallest absolute Gasteiger partial charge is 0.0701 e. The molecular weight excluding hydrogens is 348 g/mol. The number of nitrogens with zero attached hydrogens (tertiary/aromatic N) is 2. The summed E-state index contributed by atoms with van der Waals surface area (Å²) in [6.45, 7) is 7.59. The number of ether oxygens (including phenoxy) is 5. The fourth-order valence-corrected chi connectivity index (χ4v) is 2.66. The third-order valence-corrected chi connectivity index (χ3v) is 4.23. The Kier molecular flexibility index (Phi) is 11.2. The van der Waals surface area contributed by atoms with Gasteiger partial charge >= 0.3 is 0 Å². The molecule has 7 nitrogen and oxygen atoms in total. The van der Waals surface area contributed by atoms with Gasteiger partial charge in [0.1, 0.15) is 0 Å². The van der Waals surface area contributed by atoms with Gasteiger partial charge in [-0.05, 0) is 24.3 Å². The van der Waals surface area contributed by atoms with Crippen LogP contribution in [0.4, 0.5) is 11.4 Å². The molecule has 1 aromatic rings. The van der Waals surface area contributed by atoms with Crippen molar-refractivity contribution >= 4 is 11.4 Å². The minimum Gasteiger partial charge on any atom is -0.378 e. The van der Waals surface area contributed by atoms with Gasteiger partial charge in [0.25, 0.3) is 0 Å². The van der Waals surface area contributed by atoms with Crippen LogP contribution in [0.5, 0.6) is 0 Å². The Morgan fingerprint density at radius 1 is 0.593 bits per heavy atom. The van der Waals surface area contributed by atoms with Gasteiger partial charge in [0.15, 0.2) is 0 Å². The van der Waals surface area contributed by atoms with Gasteiger partial charge in [-0.25, -0.2) is 0 Å². The Balaban J connectivity index is 1.85. The highest BCUT2D eigenvalue weighted by Crippen LogP contribution is 2.19. The van der Waals surface area contributed by atoms with Crippen LogP contribution in [0.25, 0.3) is 0 Å². The Bertz CT molecular complexity index is 466. The molecule has 0 N–H and O–H groups in total. The van der Waals surface area contributed by atoms with Gasteiger partial charge < -0.3 is 33.5 Å².